The molecule has 8 heteroatoms. The van der Waals surface area contributed by atoms with Crippen molar-refractivity contribution < 1.29 is 28.4 Å². The third kappa shape index (κ3) is 8.13. The molecular formula is C31H41NO6Si. The van der Waals surface area contributed by atoms with Crippen LogP contribution in [-0.2, 0) is 25.7 Å². The fraction of sp³-hybridized carbons (Fsp3) is 0.452. The zero-order valence-corrected chi connectivity index (χ0v) is 24.9. The second-order valence-corrected chi connectivity index (χ2v) is 15.6. The van der Waals surface area contributed by atoms with Crippen LogP contribution < -0.4 is 10.4 Å². The molecule has 0 saturated carbocycles. The smallest absolute Gasteiger partial charge is 0.306 e. The van der Waals surface area contributed by atoms with E-state index in [-0.39, 0.29) is 24.9 Å². The number of ether oxygens (including phenoxy) is 2. The van der Waals surface area contributed by atoms with Gasteiger partial charge in [0.15, 0.2) is 12.4 Å². The van der Waals surface area contributed by atoms with Crippen LogP contribution in [0, 0.1) is 0 Å². The number of hydrogen-bond donors (Lipinski definition) is 1. The molecule has 0 fully saturated rings. The van der Waals surface area contributed by atoms with Gasteiger partial charge in [-0.25, -0.2) is 0 Å². The van der Waals surface area contributed by atoms with Gasteiger partial charge in [0, 0.05) is 18.9 Å². The summed E-state index contributed by atoms with van der Waals surface area (Å²) >= 11 is 0. The predicted molar refractivity (Wildman–Crippen MR) is 153 cm³/mol. The molecule has 0 aliphatic rings. The van der Waals surface area contributed by atoms with Gasteiger partial charge in [-0.1, -0.05) is 86.1 Å². The number of nitrogens with zero attached hydrogens (tertiary/aromatic N) is 1. The van der Waals surface area contributed by atoms with Crippen LogP contribution in [0.1, 0.15) is 84.6 Å². The summed E-state index contributed by atoms with van der Waals surface area (Å²) in [6.07, 6.45) is 2.29. The molecule has 0 amide bonds. The van der Waals surface area contributed by atoms with Crippen molar-refractivity contribution >= 4 is 30.6 Å². The topological polar surface area (TPSA) is 98.9 Å². The molecule has 0 radical (unpaired) electrons. The Labute approximate surface area is 232 Å². The highest BCUT2D eigenvalue weighted by Crippen LogP contribution is 2.41. The Bertz CT molecular complexity index is 1180. The van der Waals surface area contributed by atoms with E-state index < -0.39 is 24.9 Å². The zero-order chi connectivity index (χ0) is 28.7. The second kappa shape index (κ2) is 12.7. The van der Waals surface area contributed by atoms with Crippen LogP contribution in [0.25, 0.3) is 0 Å². The number of rotatable bonds is 12. The maximum Gasteiger partial charge on any atom is 0.306 e. The van der Waals surface area contributed by atoms with E-state index in [1.807, 2.05) is 81.4 Å². The number of hydrogen-bond acceptors (Lipinski definition) is 7. The molecule has 1 aromatic heterocycles. The molecular weight excluding hydrogens is 510 g/mol. The van der Waals surface area contributed by atoms with Crippen molar-refractivity contribution in [2.75, 3.05) is 0 Å². The quantitative estimate of drug-likeness (QED) is 0.242. The molecule has 0 aliphatic heterocycles. The summed E-state index contributed by atoms with van der Waals surface area (Å²) in [5.41, 5.74) is 0.0286. The lowest BCUT2D eigenvalue weighted by Gasteiger charge is -2.41. The van der Waals surface area contributed by atoms with Crippen LogP contribution in [0.2, 0.25) is 5.04 Å². The first-order valence-corrected chi connectivity index (χ1v) is 15.4. The maximum atomic E-state index is 12.8. The van der Waals surface area contributed by atoms with Gasteiger partial charge in [-0.2, -0.15) is 0 Å². The highest BCUT2D eigenvalue weighted by Gasteiger charge is 2.49. The van der Waals surface area contributed by atoms with Gasteiger partial charge in [-0.15, -0.1) is 0 Å². The summed E-state index contributed by atoms with van der Waals surface area (Å²) in [4.78, 5) is 36.4. The molecule has 210 valence electrons. The van der Waals surface area contributed by atoms with Gasteiger partial charge in [0.1, 0.15) is 5.60 Å². The molecule has 0 aliphatic carbocycles. The first kappa shape index (κ1) is 30.3. The summed E-state index contributed by atoms with van der Waals surface area (Å²) in [5.74, 6) is -0.539. The molecule has 39 heavy (non-hydrogen) atoms. The van der Waals surface area contributed by atoms with Crippen LogP contribution in [0.4, 0.5) is 0 Å². The monoisotopic (exact) mass is 551 g/mol. The minimum atomic E-state index is -3.14. The number of carbonyl (C=O) groups excluding carboxylic acids is 2. The molecule has 2 aromatic carbocycles. The Kier molecular flexibility index (Phi) is 9.91. The van der Waals surface area contributed by atoms with Crippen molar-refractivity contribution in [1.29, 1.82) is 0 Å². The molecule has 0 unspecified atom stereocenters. The minimum Gasteiger partial charge on any atom is -0.460 e. The molecule has 1 atom stereocenters. The van der Waals surface area contributed by atoms with E-state index in [9.17, 15) is 14.4 Å². The molecule has 0 saturated heterocycles. The lowest BCUT2D eigenvalue weighted by molar-refractivity contribution is -0.155. The number of benzene rings is 2. The van der Waals surface area contributed by atoms with E-state index in [1.54, 1.807) is 6.07 Å². The first-order valence-electron chi connectivity index (χ1n) is 13.5. The van der Waals surface area contributed by atoms with Crippen LogP contribution in [-0.4, -0.2) is 35.8 Å². The van der Waals surface area contributed by atoms with Crippen LogP contribution >= 0.6 is 0 Å². The number of aromatic nitrogens is 1. The van der Waals surface area contributed by atoms with Gasteiger partial charge in [-0.3, -0.25) is 9.59 Å². The zero-order valence-electron chi connectivity index (χ0n) is 23.9. The number of esters is 2. The fourth-order valence-corrected chi connectivity index (χ4v) is 8.76. The van der Waals surface area contributed by atoms with Gasteiger partial charge < -0.3 is 18.8 Å². The van der Waals surface area contributed by atoms with E-state index in [1.165, 1.54) is 6.92 Å². The standard InChI is InChI=1S/C31H41NO6Si/c1-23(33)36-22-25-21-28(32-38-25)24(20-29(34)37-30(2,3)4)14-13-19-31(5,6)39(35,26-15-9-7-10-16-26)27-17-11-8-12-18-27/h7-12,15-18,21,24,35H,13-14,19-20,22H2,1-6H3/t24-/m1/s1. The highest BCUT2D eigenvalue weighted by atomic mass is 28.4. The van der Waals surface area contributed by atoms with Gasteiger partial charge in [0.25, 0.3) is 8.32 Å². The van der Waals surface area contributed by atoms with Crippen molar-refractivity contribution in [3.8, 4) is 0 Å². The lowest BCUT2D eigenvalue weighted by Crippen LogP contribution is -2.65. The highest BCUT2D eigenvalue weighted by molar-refractivity contribution is 6.98. The first-order chi connectivity index (χ1) is 18.3. The third-order valence-electron chi connectivity index (χ3n) is 6.96. The van der Waals surface area contributed by atoms with Crippen molar-refractivity contribution in [3.05, 3.63) is 78.2 Å². The lowest BCUT2D eigenvalue weighted by atomic mass is 9.92. The Morgan fingerprint density at radius 1 is 0.974 bits per heavy atom. The van der Waals surface area contributed by atoms with Crippen LogP contribution in [0.3, 0.4) is 0 Å². The molecule has 3 aromatic rings. The van der Waals surface area contributed by atoms with E-state index in [4.69, 9.17) is 14.0 Å². The van der Waals surface area contributed by atoms with Gasteiger partial charge in [0.2, 0.25) is 0 Å². The molecule has 1 heterocycles. The Balaban J connectivity index is 1.81. The molecule has 0 spiro atoms. The van der Waals surface area contributed by atoms with Crippen molar-refractivity contribution in [2.45, 2.75) is 90.4 Å². The van der Waals surface area contributed by atoms with Crippen LogP contribution in [0.5, 0.6) is 0 Å². The van der Waals surface area contributed by atoms with E-state index in [0.29, 0.717) is 17.9 Å². The average molecular weight is 552 g/mol. The predicted octanol–water partition coefficient (Wildman–Crippen LogP) is 5.26. The van der Waals surface area contributed by atoms with Crippen molar-refractivity contribution in [1.82, 2.24) is 5.16 Å². The van der Waals surface area contributed by atoms with Crippen LogP contribution in [0.15, 0.2) is 71.3 Å². The molecule has 1 N–H and O–H groups in total. The average Bonchev–Trinajstić information content (AvgIpc) is 3.35. The largest absolute Gasteiger partial charge is 0.460 e. The second-order valence-electron chi connectivity index (χ2n) is 11.7. The van der Waals surface area contributed by atoms with Gasteiger partial charge in [0.05, 0.1) is 12.1 Å². The molecule has 7 nitrogen and oxygen atoms in total. The molecule has 3 rings (SSSR count). The van der Waals surface area contributed by atoms with Crippen molar-refractivity contribution in [3.63, 3.8) is 0 Å². The summed E-state index contributed by atoms with van der Waals surface area (Å²) in [6.45, 7) is 11.1. The SMILES string of the molecule is CC(=O)OCc1cc([C@H](CCCC(C)(C)[Si](O)(c2ccccc2)c2ccccc2)CC(=O)OC(C)(C)C)no1. The third-order valence-corrected chi connectivity index (χ3v) is 11.5. The number of carbonyl (C=O) groups is 2. The van der Waals surface area contributed by atoms with Crippen molar-refractivity contribution in [2.24, 2.45) is 0 Å². The maximum absolute atomic E-state index is 12.8. The molecule has 0 bridgehead atoms. The Hall–Kier alpha value is -3.23. The Morgan fingerprint density at radius 3 is 2.05 bits per heavy atom. The summed E-state index contributed by atoms with van der Waals surface area (Å²) in [7, 11) is -3.14. The Morgan fingerprint density at radius 2 is 1.54 bits per heavy atom. The van der Waals surface area contributed by atoms with E-state index in [0.717, 1.165) is 23.2 Å². The van der Waals surface area contributed by atoms with Gasteiger partial charge >= 0.3 is 11.9 Å². The fourth-order valence-electron chi connectivity index (χ4n) is 4.98. The summed E-state index contributed by atoms with van der Waals surface area (Å²) in [5, 5.41) is 5.72. The van der Waals surface area contributed by atoms with E-state index in [2.05, 4.69) is 19.0 Å². The summed E-state index contributed by atoms with van der Waals surface area (Å²) < 4.78 is 16.0. The summed E-state index contributed by atoms with van der Waals surface area (Å²) in [6, 6.07) is 21.6. The minimum absolute atomic E-state index is 0.0126. The normalized spacial score (nSPS) is 13.1. The van der Waals surface area contributed by atoms with Gasteiger partial charge in [-0.05, 0) is 49.0 Å². The van der Waals surface area contributed by atoms with E-state index >= 15 is 0 Å².